The highest BCUT2D eigenvalue weighted by molar-refractivity contribution is 9.10. The Hall–Kier alpha value is -1.70. The molecule has 6 nitrogen and oxygen atoms in total. The largest absolute Gasteiger partial charge is 0.309 e. The second-order valence-electron chi connectivity index (χ2n) is 6.49. The summed E-state index contributed by atoms with van der Waals surface area (Å²) in [7, 11) is 1.85. The standard InChI is InChI=1S/C18H24BrN5O/c1-4-5-14-10-15(22-21-14)18(25)20-17-16(11(2)23-24(17)3)12-6-8-13(19)9-7-12/h6-9,14-15,21-22H,4-5,10H2,1-3H3,(H,20,25). The molecule has 0 saturated carbocycles. The van der Waals surface area contributed by atoms with Crippen molar-refractivity contribution < 1.29 is 4.79 Å². The van der Waals surface area contributed by atoms with Crippen molar-refractivity contribution >= 4 is 27.7 Å². The first-order chi connectivity index (χ1) is 12.0. The van der Waals surface area contributed by atoms with Crippen LogP contribution < -0.4 is 16.2 Å². The summed E-state index contributed by atoms with van der Waals surface area (Å²) in [4.78, 5) is 12.7. The van der Waals surface area contributed by atoms with Gasteiger partial charge in [-0.1, -0.05) is 41.4 Å². The van der Waals surface area contributed by atoms with Crippen molar-refractivity contribution in [3.63, 3.8) is 0 Å². The first-order valence-electron chi connectivity index (χ1n) is 8.61. The molecule has 3 N–H and O–H groups in total. The van der Waals surface area contributed by atoms with Gasteiger partial charge in [-0.05, 0) is 37.5 Å². The first kappa shape index (κ1) is 18.1. The fourth-order valence-electron chi connectivity index (χ4n) is 3.30. The summed E-state index contributed by atoms with van der Waals surface area (Å²) < 4.78 is 2.75. The second-order valence-corrected chi connectivity index (χ2v) is 7.41. The molecule has 0 radical (unpaired) electrons. The van der Waals surface area contributed by atoms with E-state index in [2.05, 4.69) is 44.1 Å². The number of nitrogens with one attached hydrogen (secondary N) is 3. The van der Waals surface area contributed by atoms with Crippen LogP contribution in [0.3, 0.4) is 0 Å². The molecule has 0 aliphatic carbocycles. The monoisotopic (exact) mass is 405 g/mol. The molecule has 134 valence electrons. The molecule has 2 atom stereocenters. The van der Waals surface area contributed by atoms with E-state index in [1.165, 1.54) is 0 Å². The minimum atomic E-state index is -0.232. The van der Waals surface area contributed by atoms with Crippen molar-refractivity contribution in [3.05, 3.63) is 34.4 Å². The van der Waals surface area contributed by atoms with Gasteiger partial charge < -0.3 is 5.32 Å². The average molecular weight is 406 g/mol. The van der Waals surface area contributed by atoms with Crippen molar-refractivity contribution in [3.8, 4) is 11.1 Å². The summed E-state index contributed by atoms with van der Waals surface area (Å²) in [5.74, 6) is 0.693. The predicted octanol–water partition coefficient (Wildman–Crippen LogP) is 3.13. The third-order valence-corrected chi connectivity index (χ3v) is 5.06. The lowest BCUT2D eigenvalue weighted by molar-refractivity contribution is -0.117. The molecule has 2 aromatic rings. The predicted molar refractivity (Wildman–Crippen MR) is 103 cm³/mol. The first-order valence-corrected chi connectivity index (χ1v) is 9.40. The van der Waals surface area contributed by atoms with Gasteiger partial charge in [0, 0.05) is 23.1 Å². The number of carbonyl (C=O) groups is 1. The number of nitrogens with zero attached hydrogens (tertiary/aromatic N) is 2. The SMILES string of the molecule is CCCC1CC(C(=O)Nc2c(-c3ccc(Br)cc3)c(C)nn2C)NN1. The van der Waals surface area contributed by atoms with Gasteiger partial charge in [-0.2, -0.15) is 5.10 Å². The highest BCUT2D eigenvalue weighted by Gasteiger charge is 2.30. The molecule has 1 aromatic carbocycles. The topological polar surface area (TPSA) is 71.0 Å². The van der Waals surface area contributed by atoms with Crippen LogP contribution in [0.1, 0.15) is 31.9 Å². The van der Waals surface area contributed by atoms with Crippen LogP contribution in [0.2, 0.25) is 0 Å². The van der Waals surface area contributed by atoms with Crippen molar-refractivity contribution in [2.24, 2.45) is 7.05 Å². The molecule has 0 bridgehead atoms. The zero-order valence-electron chi connectivity index (χ0n) is 14.8. The molecule has 1 aromatic heterocycles. The summed E-state index contributed by atoms with van der Waals surface area (Å²) in [6.07, 6.45) is 2.96. The van der Waals surface area contributed by atoms with E-state index in [1.54, 1.807) is 4.68 Å². The third-order valence-electron chi connectivity index (χ3n) is 4.53. The van der Waals surface area contributed by atoms with Crippen LogP contribution in [0, 0.1) is 6.92 Å². The van der Waals surface area contributed by atoms with E-state index in [4.69, 9.17) is 0 Å². The lowest BCUT2D eigenvalue weighted by Gasteiger charge is -2.13. The fraction of sp³-hybridized carbons (Fsp3) is 0.444. The van der Waals surface area contributed by atoms with Gasteiger partial charge in [0.2, 0.25) is 5.91 Å². The van der Waals surface area contributed by atoms with E-state index in [0.717, 1.165) is 46.4 Å². The molecule has 2 heterocycles. The van der Waals surface area contributed by atoms with E-state index >= 15 is 0 Å². The maximum Gasteiger partial charge on any atom is 0.244 e. The van der Waals surface area contributed by atoms with E-state index < -0.39 is 0 Å². The highest BCUT2D eigenvalue weighted by Crippen LogP contribution is 2.32. The lowest BCUT2D eigenvalue weighted by Crippen LogP contribution is -2.40. The molecule has 1 aliphatic rings. The van der Waals surface area contributed by atoms with Gasteiger partial charge in [0.25, 0.3) is 0 Å². The van der Waals surface area contributed by atoms with Crippen LogP contribution >= 0.6 is 15.9 Å². The normalized spacial score (nSPS) is 20.0. The van der Waals surface area contributed by atoms with Crippen LogP contribution in [-0.4, -0.2) is 27.8 Å². The van der Waals surface area contributed by atoms with Gasteiger partial charge in [-0.25, -0.2) is 5.43 Å². The maximum atomic E-state index is 12.7. The molecule has 2 unspecified atom stereocenters. The van der Waals surface area contributed by atoms with Gasteiger partial charge in [0.1, 0.15) is 11.9 Å². The molecular formula is C18H24BrN5O. The maximum absolute atomic E-state index is 12.7. The number of carbonyl (C=O) groups excluding carboxylic acids is 1. The molecule has 3 rings (SSSR count). The molecule has 25 heavy (non-hydrogen) atoms. The minimum Gasteiger partial charge on any atom is -0.309 e. The van der Waals surface area contributed by atoms with Crippen molar-refractivity contribution in [1.82, 2.24) is 20.6 Å². The second kappa shape index (κ2) is 7.68. The number of hydrazine groups is 1. The Morgan fingerprint density at radius 1 is 1.36 bits per heavy atom. The average Bonchev–Trinajstić information content (AvgIpc) is 3.14. The molecule has 1 amide bonds. The van der Waals surface area contributed by atoms with Crippen molar-refractivity contribution in [2.75, 3.05) is 5.32 Å². The van der Waals surface area contributed by atoms with E-state index in [-0.39, 0.29) is 11.9 Å². The van der Waals surface area contributed by atoms with Gasteiger partial charge in [0.15, 0.2) is 0 Å². The van der Waals surface area contributed by atoms with E-state index in [1.807, 2.05) is 38.2 Å². The number of rotatable bonds is 5. The number of anilines is 1. The summed E-state index contributed by atoms with van der Waals surface area (Å²) in [5, 5.41) is 7.55. The Kier molecular flexibility index (Phi) is 5.56. The van der Waals surface area contributed by atoms with Gasteiger partial charge >= 0.3 is 0 Å². The Balaban J connectivity index is 1.81. The van der Waals surface area contributed by atoms with Crippen molar-refractivity contribution in [1.29, 1.82) is 0 Å². The number of hydrogen-bond acceptors (Lipinski definition) is 4. The zero-order valence-corrected chi connectivity index (χ0v) is 16.4. The van der Waals surface area contributed by atoms with Crippen LogP contribution in [-0.2, 0) is 11.8 Å². The van der Waals surface area contributed by atoms with Crippen LogP contribution in [0.25, 0.3) is 11.1 Å². The number of aryl methyl sites for hydroxylation is 2. The van der Waals surface area contributed by atoms with Crippen LogP contribution in [0.15, 0.2) is 28.7 Å². The fourth-order valence-corrected chi connectivity index (χ4v) is 3.56. The molecule has 1 aliphatic heterocycles. The number of hydrogen-bond donors (Lipinski definition) is 3. The number of benzene rings is 1. The van der Waals surface area contributed by atoms with Gasteiger partial charge in [-0.3, -0.25) is 14.9 Å². The number of aromatic nitrogens is 2. The smallest absolute Gasteiger partial charge is 0.244 e. The molecule has 1 fully saturated rings. The Bertz CT molecular complexity index is 756. The van der Waals surface area contributed by atoms with E-state index in [0.29, 0.717) is 6.04 Å². The van der Waals surface area contributed by atoms with Gasteiger partial charge in [0.05, 0.1) is 5.69 Å². The third kappa shape index (κ3) is 3.94. The van der Waals surface area contributed by atoms with Crippen LogP contribution in [0.4, 0.5) is 5.82 Å². The van der Waals surface area contributed by atoms with E-state index in [9.17, 15) is 4.79 Å². The summed E-state index contributed by atoms with van der Waals surface area (Å²) in [6.45, 7) is 4.11. The van der Waals surface area contributed by atoms with Gasteiger partial charge in [-0.15, -0.1) is 0 Å². The van der Waals surface area contributed by atoms with Crippen molar-refractivity contribution in [2.45, 2.75) is 45.2 Å². The lowest BCUT2D eigenvalue weighted by atomic mass is 10.0. The number of amides is 1. The summed E-state index contributed by atoms with van der Waals surface area (Å²) in [5.41, 5.74) is 9.20. The molecule has 0 spiro atoms. The zero-order chi connectivity index (χ0) is 18.0. The molecular weight excluding hydrogens is 382 g/mol. The molecule has 7 heteroatoms. The molecule has 1 saturated heterocycles. The van der Waals surface area contributed by atoms with Crippen LogP contribution in [0.5, 0.6) is 0 Å². The summed E-state index contributed by atoms with van der Waals surface area (Å²) >= 11 is 3.46. The Morgan fingerprint density at radius 3 is 2.76 bits per heavy atom. The summed E-state index contributed by atoms with van der Waals surface area (Å²) in [6, 6.07) is 8.15. The Labute approximate surface area is 156 Å². The number of halogens is 1. The highest BCUT2D eigenvalue weighted by atomic mass is 79.9. The minimum absolute atomic E-state index is 0.0348. The quantitative estimate of drug-likeness (QED) is 0.714. The Morgan fingerprint density at radius 2 is 2.08 bits per heavy atom.